The van der Waals surface area contributed by atoms with Crippen LogP contribution in [0.4, 0.5) is 0 Å². The zero-order valence-electron chi connectivity index (χ0n) is 15.8. The summed E-state index contributed by atoms with van der Waals surface area (Å²) >= 11 is 12.5. The number of benzene rings is 1. The number of aromatic nitrogens is 2. The lowest BCUT2D eigenvalue weighted by molar-refractivity contribution is -0.123. The van der Waals surface area contributed by atoms with Crippen LogP contribution >= 0.6 is 23.2 Å². The molecule has 0 aliphatic carbocycles. The molecule has 1 unspecified atom stereocenters. The van der Waals surface area contributed by atoms with Gasteiger partial charge in [0.05, 0.1) is 0 Å². The number of halogens is 2. The third-order valence-corrected chi connectivity index (χ3v) is 5.08. The number of hydrogen-bond acceptors (Lipinski definition) is 4. The smallest absolute Gasteiger partial charge is 0.241 e. The quantitative estimate of drug-likeness (QED) is 0.539. The number of nitrogens with one attached hydrogen (secondary N) is 2. The van der Waals surface area contributed by atoms with Crippen molar-refractivity contribution in [2.24, 2.45) is 0 Å². The summed E-state index contributed by atoms with van der Waals surface area (Å²) in [5.74, 6) is -0.141. The van der Waals surface area contributed by atoms with E-state index in [1.807, 2.05) is 24.3 Å². The van der Waals surface area contributed by atoms with Gasteiger partial charge in [-0.15, -0.1) is 0 Å². The van der Waals surface area contributed by atoms with E-state index in [0.29, 0.717) is 28.7 Å². The lowest BCUT2D eigenvalue weighted by Gasteiger charge is -2.20. The summed E-state index contributed by atoms with van der Waals surface area (Å²) in [6, 6.07) is 12.3. The van der Waals surface area contributed by atoms with Crippen molar-refractivity contribution in [2.45, 2.75) is 18.9 Å². The number of pyridine rings is 2. The van der Waals surface area contributed by atoms with E-state index in [1.165, 1.54) is 0 Å². The fourth-order valence-electron chi connectivity index (χ4n) is 2.97. The van der Waals surface area contributed by atoms with E-state index in [1.54, 1.807) is 43.0 Å². The Hall–Kier alpha value is -2.47. The third kappa shape index (κ3) is 6.53. The molecule has 0 bridgehead atoms. The minimum Gasteiger partial charge on any atom is -0.354 e. The molecule has 1 atom stereocenters. The van der Waals surface area contributed by atoms with E-state index in [-0.39, 0.29) is 5.91 Å². The monoisotopic (exact) mass is 428 g/mol. The molecule has 2 N–H and O–H groups in total. The van der Waals surface area contributed by atoms with Gasteiger partial charge in [-0.25, -0.2) is 0 Å². The van der Waals surface area contributed by atoms with E-state index in [9.17, 15) is 4.79 Å². The van der Waals surface area contributed by atoms with Gasteiger partial charge in [0.25, 0.3) is 0 Å². The maximum Gasteiger partial charge on any atom is 0.241 e. The highest BCUT2D eigenvalue weighted by molar-refractivity contribution is 6.33. The van der Waals surface area contributed by atoms with Gasteiger partial charge < -0.3 is 10.6 Å². The highest BCUT2D eigenvalue weighted by Gasteiger charge is 2.22. The van der Waals surface area contributed by atoms with Gasteiger partial charge in [0.15, 0.2) is 0 Å². The molecular formula is C22H22Cl2N4O. The van der Waals surface area contributed by atoms with Crippen molar-refractivity contribution < 1.29 is 4.79 Å². The normalized spacial score (nSPS) is 11.8. The van der Waals surface area contributed by atoms with Crippen molar-refractivity contribution in [3.8, 4) is 0 Å². The first kappa shape index (κ1) is 21.2. The molecule has 0 fully saturated rings. The lowest BCUT2D eigenvalue weighted by Crippen LogP contribution is -2.39. The molecule has 0 saturated carbocycles. The van der Waals surface area contributed by atoms with Gasteiger partial charge in [-0.1, -0.05) is 23.2 Å². The average molecular weight is 429 g/mol. The largest absolute Gasteiger partial charge is 0.354 e. The van der Waals surface area contributed by atoms with Crippen molar-refractivity contribution in [3.05, 3.63) is 94.0 Å². The van der Waals surface area contributed by atoms with E-state index in [0.717, 1.165) is 24.0 Å². The van der Waals surface area contributed by atoms with Crippen LogP contribution in [0.15, 0.2) is 67.3 Å². The Morgan fingerprint density at radius 2 is 1.45 bits per heavy atom. The number of amides is 1. The highest BCUT2D eigenvalue weighted by atomic mass is 35.5. The van der Waals surface area contributed by atoms with Crippen LogP contribution in [-0.2, 0) is 17.6 Å². The van der Waals surface area contributed by atoms with Crippen LogP contribution < -0.4 is 10.6 Å². The number of hydrogen-bond donors (Lipinski definition) is 2. The Bertz CT molecular complexity index is 923. The molecule has 1 amide bonds. The maximum absolute atomic E-state index is 12.9. The Kier molecular flexibility index (Phi) is 7.99. The predicted molar refractivity (Wildman–Crippen MR) is 116 cm³/mol. The Labute approximate surface area is 180 Å². The first-order valence-electron chi connectivity index (χ1n) is 9.37. The van der Waals surface area contributed by atoms with Crippen LogP contribution in [-0.4, -0.2) is 29.0 Å². The van der Waals surface area contributed by atoms with Gasteiger partial charge in [-0.2, -0.15) is 0 Å². The van der Waals surface area contributed by atoms with E-state index < -0.39 is 6.04 Å². The zero-order chi connectivity index (χ0) is 20.5. The van der Waals surface area contributed by atoms with Crippen LogP contribution in [0, 0.1) is 0 Å². The zero-order valence-corrected chi connectivity index (χ0v) is 17.3. The molecule has 3 aromatic rings. The van der Waals surface area contributed by atoms with Gasteiger partial charge in [-0.05, 0) is 72.0 Å². The second-order valence-corrected chi connectivity index (χ2v) is 7.40. The lowest BCUT2D eigenvalue weighted by atomic mass is 10.0. The molecule has 0 aliphatic heterocycles. The summed E-state index contributed by atoms with van der Waals surface area (Å²) in [5.41, 5.74) is 2.92. The molecule has 0 spiro atoms. The summed E-state index contributed by atoms with van der Waals surface area (Å²) in [7, 11) is 0. The van der Waals surface area contributed by atoms with E-state index >= 15 is 0 Å². The summed E-state index contributed by atoms with van der Waals surface area (Å²) in [6.45, 7) is 1.12. The molecule has 1 aromatic carbocycles. The van der Waals surface area contributed by atoms with Crippen LogP contribution in [0.1, 0.15) is 22.7 Å². The number of carbonyl (C=O) groups is 1. The molecule has 2 aromatic heterocycles. The summed E-state index contributed by atoms with van der Waals surface area (Å²) in [6.07, 6.45) is 8.49. The van der Waals surface area contributed by atoms with Crippen molar-refractivity contribution in [2.75, 3.05) is 13.1 Å². The van der Waals surface area contributed by atoms with Crippen LogP contribution in [0.5, 0.6) is 0 Å². The number of rotatable bonds is 9. The molecule has 0 saturated heterocycles. The van der Waals surface area contributed by atoms with Gasteiger partial charge in [0, 0.05) is 47.9 Å². The number of carbonyl (C=O) groups excluding carboxylic acids is 1. The Balaban J connectivity index is 1.66. The molecule has 0 radical (unpaired) electrons. The van der Waals surface area contributed by atoms with Crippen LogP contribution in [0.2, 0.25) is 10.0 Å². The molecule has 2 heterocycles. The first-order valence-corrected chi connectivity index (χ1v) is 10.1. The van der Waals surface area contributed by atoms with Crippen LogP contribution in [0.3, 0.4) is 0 Å². The molecule has 7 heteroatoms. The Morgan fingerprint density at radius 3 is 2.07 bits per heavy atom. The minimum absolute atomic E-state index is 0.141. The summed E-state index contributed by atoms with van der Waals surface area (Å²) < 4.78 is 0. The Morgan fingerprint density at radius 1 is 0.862 bits per heavy atom. The standard InChI is InChI=1S/C22H22Cl2N4O/c23-18-1-2-20(24)19(15-18)21(27-13-7-16-3-9-25-10-4-16)22(29)28-14-8-17-5-11-26-12-6-17/h1-6,9-12,15,21,27H,7-8,13-14H2,(H,28,29). The molecular weight excluding hydrogens is 407 g/mol. The van der Waals surface area contributed by atoms with Crippen LogP contribution in [0.25, 0.3) is 0 Å². The number of nitrogens with zero attached hydrogens (tertiary/aromatic N) is 2. The molecule has 29 heavy (non-hydrogen) atoms. The van der Waals surface area contributed by atoms with Crippen molar-refractivity contribution in [1.29, 1.82) is 0 Å². The van der Waals surface area contributed by atoms with Crippen molar-refractivity contribution >= 4 is 29.1 Å². The van der Waals surface area contributed by atoms with Crippen molar-refractivity contribution in [1.82, 2.24) is 20.6 Å². The third-order valence-electron chi connectivity index (χ3n) is 4.50. The van der Waals surface area contributed by atoms with Gasteiger partial charge in [0.1, 0.15) is 6.04 Å². The first-order chi connectivity index (χ1) is 14.1. The van der Waals surface area contributed by atoms with Crippen molar-refractivity contribution in [3.63, 3.8) is 0 Å². The highest BCUT2D eigenvalue weighted by Crippen LogP contribution is 2.26. The van der Waals surface area contributed by atoms with Gasteiger partial charge >= 0.3 is 0 Å². The maximum atomic E-state index is 12.9. The molecule has 0 aliphatic rings. The molecule has 150 valence electrons. The average Bonchev–Trinajstić information content (AvgIpc) is 2.75. The SMILES string of the molecule is O=C(NCCc1ccncc1)C(NCCc1ccncc1)c1cc(Cl)ccc1Cl. The fraction of sp³-hybridized carbons (Fsp3) is 0.227. The summed E-state index contributed by atoms with van der Waals surface area (Å²) in [4.78, 5) is 21.0. The molecule has 3 rings (SSSR count). The molecule has 5 nitrogen and oxygen atoms in total. The van der Waals surface area contributed by atoms with E-state index in [2.05, 4.69) is 20.6 Å². The van der Waals surface area contributed by atoms with Gasteiger partial charge in [-0.3, -0.25) is 14.8 Å². The second-order valence-electron chi connectivity index (χ2n) is 6.55. The minimum atomic E-state index is -0.597. The van der Waals surface area contributed by atoms with Gasteiger partial charge in [0.2, 0.25) is 5.91 Å². The van der Waals surface area contributed by atoms with E-state index in [4.69, 9.17) is 23.2 Å². The fourth-order valence-corrected chi connectivity index (χ4v) is 3.38. The predicted octanol–water partition coefficient (Wildman–Crippen LogP) is 4.02. The second kappa shape index (κ2) is 10.9. The topological polar surface area (TPSA) is 66.9 Å². The summed E-state index contributed by atoms with van der Waals surface area (Å²) in [5, 5.41) is 7.34.